The predicted molar refractivity (Wildman–Crippen MR) is 78.1 cm³/mol. The molecule has 4 N–H and O–H groups in total. The van der Waals surface area contributed by atoms with Crippen molar-refractivity contribution in [2.45, 2.75) is 5.60 Å². The van der Waals surface area contributed by atoms with Crippen molar-refractivity contribution in [3.8, 4) is 5.75 Å². The van der Waals surface area contributed by atoms with Gasteiger partial charge in [-0.1, -0.05) is 42.5 Å². The van der Waals surface area contributed by atoms with Gasteiger partial charge in [-0.3, -0.25) is 0 Å². The zero-order valence-electron chi connectivity index (χ0n) is 11.4. The van der Waals surface area contributed by atoms with E-state index < -0.39 is 11.6 Å². The van der Waals surface area contributed by atoms with Crippen LogP contribution in [0.15, 0.2) is 54.6 Å². The van der Waals surface area contributed by atoms with Gasteiger partial charge in [-0.2, -0.15) is 0 Å². The van der Waals surface area contributed by atoms with Gasteiger partial charge in [-0.25, -0.2) is 4.79 Å². The van der Waals surface area contributed by atoms with Gasteiger partial charge in [-0.05, 0) is 17.7 Å². The Morgan fingerprint density at radius 1 is 1.10 bits per heavy atom. The molecule has 0 saturated heterocycles. The van der Waals surface area contributed by atoms with E-state index in [1.807, 2.05) is 0 Å². The molecule has 0 aliphatic rings. The molecular weight excluding hydrogens is 270 g/mol. The third-order valence-electron chi connectivity index (χ3n) is 3.14. The summed E-state index contributed by atoms with van der Waals surface area (Å²) in [4.78, 5) is 11.6. The van der Waals surface area contributed by atoms with Gasteiger partial charge in [0.15, 0.2) is 0 Å². The fourth-order valence-corrected chi connectivity index (χ4v) is 2.08. The van der Waals surface area contributed by atoms with Crippen molar-refractivity contribution < 1.29 is 19.7 Å². The molecule has 2 rings (SSSR count). The highest BCUT2D eigenvalue weighted by molar-refractivity contribution is 5.83. The first-order chi connectivity index (χ1) is 10.1. The lowest BCUT2D eigenvalue weighted by Crippen LogP contribution is -2.36. The number of aliphatic hydroxyl groups is 1. The largest absolute Gasteiger partial charge is 0.492 e. The van der Waals surface area contributed by atoms with E-state index >= 15 is 0 Å². The van der Waals surface area contributed by atoms with Crippen molar-refractivity contribution in [1.82, 2.24) is 0 Å². The number of hydrogen-bond donors (Lipinski definition) is 3. The zero-order valence-corrected chi connectivity index (χ0v) is 11.4. The van der Waals surface area contributed by atoms with E-state index in [1.165, 1.54) is 6.07 Å². The fourth-order valence-electron chi connectivity index (χ4n) is 2.08. The molecule has 110 valence electrons. The molecule has 0 heterocycles. The number of hydrogen-bond acceptors (Lipinski definition) is 4. The van der Waals surface area contributed by atoms with Crippen LogP contribution in [0, 0.1) is 0 Å². The Balaban J connectivity index is 2.46. The van der Waals surface area contributed by atoms with Gasteiger partial charge in [-0.15, -0.1) is 0 Å². The summed E-state index contributed by atoms with van der Waals surface area (Å²) in [5.74, 6) is -0.877. The Morgan fingerprint density at radius 3 is 2.38 bits per heavy atom. The molecule has 1 atom stereocenters. The van der Waals surface area contributed by atoms with Crippen molar-refractivity contribution in [1.29, 1.82) is 0 Å². The summed E-state index contributed by atoms with van der Waals surface area (Å²) in [5.41, 5.74) is 3.77. The number of nitrogens with two attached hydrogens (primary N) is 1. The number of carboxylic acid groups (broad SMARTS) is 1. The molecule has 0 bridgehead atoms. The first kappa shape index (κ1) is 15.0. The number of carbonyl (C=O) groups is 1. The molecule has 0 aliphatic carbocycles. The van der Waals surface area contributed by atoms with Gasteiger partial charge in [0.1, 0.15) is 12.4 Å². The van der Waals surface area contributed by atoms with Gasteiger partial charge in [0.05, 0.1) is 0 Å². The monoisotopic (exact) mass is 287 g/mol. The SMILES string of the molecule is NCCOc1cccc([C@@](O)(C(=O)O)c2ccccc2)c1. The number of ether oxygens (including phenoxy) is 1. The number of carboxylic acids is 1. The van der Waals surface area contributed by atoms with Crippen LogP contribution in [0.3, 0.4) is 0 Å². The summed E-state index contributed by atoms with van der Waals surface area (Å²) in [6.45, 7) is 0.673. The standard InChI is InChI=1S/C16H17NO4/c17-9-10-21-14-8-4-7-13(11-14)16(20,15(18)19)12-5-2-1-3-6-12/h1-8,11,20H,9-10,17H2,(H,18,19)/t16-/m1/s1. The van der Waals surface area contributed by atoms with E-state index in [0.717, 1.165) is 0 Å². The maximum Gasteiger partial charge on any atom is 0.345 e. The van der Waals surface area contributed by atoms with Crippen molar-refractivity contribution in [2.75, 3.05) is 13.2 Å². The molecule has 5 nitrogen and oxygen atoms in total. The van der Waals surface area contributed by atoms with Gasteiger partial charge in [0, 0.05) is 12.1 Å². The summed E-state index contributed by atoms with van der Waals surface area (Å²) in [6.07, 6.45) is 0. The van der Waals surface area contributed by atoms with Crippen LogP contribution in [0.1, 0.15) is 11.1 Å². The molecule has 0 amide bonds. The minimum atomic E-state index is -2.12. The number of aliphatic carboxylic acids is 1. The Morgan fingerprint density at radius 2 is 1.76 bits per heavy atom. The van der Waals surface area contributed by atoms with E-state index in [2.05, 4.69) is 0 Å². The van der Waals surface area contributed by atoms with Gasteiger partial charge >= 0.3 is 5.97 Å². The molecule has 0 fully saturated rings. The Labute approximate surface area is 122 Å². The van der Waals surface area contributed by atoms with E-state index in [4.69, 9.17) is 10.5 Å². The van der Waals surface area contributed by atoms with Gasteiger partial charge in [0.2, 0.25) is 5.60 Å². The quantitative estimate of drug-likeness (QED) is 0.745. The molecular formula is C16H17NO4. The molecule has 0 unspecified atom stereocenters. The van der Waals surface area contributed by atoms with Crippen LogP contribution in [0.4, 0.5) is 0 Å². The lowest BCUT2D eigenvalue weighted by atomic mass is 9.86. The molecule has 0 aromatic heterocycles. The highest BCUT2D eigenvalue weighted by Gasteiger charge is 2.40. The van der Waals surface area contributed by atoms with Crippen molar-refractivity contribution in [3.05, 3.63) is 65.7 Å². The fraction of sp³-hybridized carbons (Fsp3) is 0.188. The van der Waals surface area contributed by atoms with Gasteiger partial charge in [0.25, 0.3) is 0 Å². The van der Waals surface area contributed by atoms with E-state index in [1.54, 1.807) is 48.5 Å². The summed E-state index contributed by atoms with van der Waals surface area (Å²) in [6, 6.07) is 14.6. The normalized spacial score (nSPS) is 13.4. The third-order valence-corrected chi connectivity index (χ3v) is 3.14. The Hall–Kier alpha value is -2.37. The van der Waals surface area contributed by atoms with Crippen LogP contribution in [-0.4, -0.2) is 29.3 Å². The summed E-state index contributed by atoms with van der Waals surface area (Å²) < 4.78 is 5.38. The first-order valence-corrected chi connectivity index (χ1v) is 6.53. The smallest absolute Gasteiger partial charge is 0.345 e. The third kappa shape index (κ3) is 3.04. The minimum absolute atomic E-state index is 0.232. The molecule has 0 radical (unpaired) electrons. The zero-order chi connectivity index (χ0) is 15.3. The van der Waals surface area contributed by atoms with Crippen molar-refractivity contribution in [2.24, 2.45) is 5.73 Å². The predicted octanol–water partition coefficient (Wildman–Crippen LogP) is 1.34. The van der Waals surface area contributed by atoms with Crippen LogP contribution < -0.4 is 10.5 Å². The van der Waals surface area contributed by atoms with Crippen LogP contribution in [0.2, 0.25) is 0 Å². The number of rotatable bonds is 6. The van der Waals surface area contributed by atoms with Crippen LogP contribution in [-0.2, 0) is 10.4 Å². The molecule has 21 heavy (non-hydrogen) atoms. The van der Waals surface area contributed by atoms with E-state index in [0.29, 0.717) is 18.9 Å². The minimum Gasteiger partial charge on any atom is -0.492 e. The van der Waals surface area contributed by atoms with Gasteiger partial charge < -0.3 is 20.7 Å². The lowest BCUT2D eigenvalue weighted by Gasteiger charge is -2.25. The Bertz CT molecular complexity index is 615. The molecule has 0 aliphatic heterocycles. The molecule has 2 aromatic carbocycles. The topological polar surface area (TPSA) is 92.8 Å². The maximum absolute atomic E-state index is 11.6. The lowest BCUT2D eigenvalue weighted by molar-refractivity contribution is -0.155. The second-order valence-electron chi connectivity index (χ2n) is 4.55. The first-order valence-electron chi connectivity index (χ1n) is 6.53. The second kappa shape index (κ2) is 6.39. The van der Waals surface area contributed by atoms with Crippen LogP contribution >= 0.6 is 0 Å². The van der Waals surface area contributed by atoms with E-state index in [9.17, 15) is 15.0 Å². The summed E-state index contributed by atoms with van der Waals surface area (Å²) >= 11 is 0. The highest BCUT2D eigenvalue weighted by Crippen LogP contribution is 2.31. The van der Waals surface area contributed by atoms with E-state index in [-0.39, 0.29) is 11.1 Å². The molecule has 5 heteroatoms. The van der Waals surface area contributed by atoms with Crippen molar-refractivity contribution >= 4 is 5.97 Å². The molecule has 2 aromatic rings. The van der Waals surface area contributed by atoms with Crippen molar-refractivity contribution in [3.63, 3.8) is 0 Å². The average Bonchev–Trinajstić information content (AvgIpc) is 2.53. The Kier molecular flexibility index (Phi) is 4.57. The highest BCUT2D eigenvalue weighted by atomic mass is 16.5. The van der Waals surface area contributed by atoms with Crippen LogP contribution in [0.5, 0.6) is 5.75 Å². The molecule has 0 saturated carbocycles. The molecule has 0 spiro atoms. The summed E-state index contributed by atoms with van der Waals surface area (Å²) in [5, 5.41) is 20.2. The number of benzene rings is 2. The maximum atomic E-state index is 11.6. The summed E-state index contributed by atoms with van der Waals surface area (Å²) in [7, 11) is 0. The van der Waals surface area contributed by atoms with Crippen LogP contribution in [0.25, 0.3) is 0 Å². The average molecular weight is 287 g/mol. The second-order valence-corrected chi connectivity index (χ2v) is 4.55.